The zero-order chi connectivity index (χ0) is 19.6. The number of ether oxygens (including phenoxy) is 2. The molecule has 0 radical (unpaired) electrons. The third-order valence-corrected chi connectivity index (χ3v) is 4.63. The van der Waals surface area contributed by atoms with Gasteiger partial charge in [-0.3, -0.25) is 14.2 Å². The number of hydrogen-bond donors (Lipinski definition) is 1. The Morgan fingerprint density at radius 1 is 1.44 bits per heavy atom. The van der Waals surface area contributed by atoms with Crippen LogP contribution < -0.4 is 21.3 Å². The Morgan fingerprint density at radius 3 is 2.89 bits per heavy atom. The fourth-order valence-electron chi connectivity index (χ4n) is 3.22. The van der Waals surface area contributed by atoms with Crippen molar-refractivity contribution in [1.29, 1.82) is 0 Å². The van der Waals surface area contributed by atoms with Gasteiger partial charge >= 0.3 is 5.69 Å². The lowest BCUT2D eigenvalue weighted by molar-refractivity contribution is -0.122. The summed E-state index contributed by atoms with van der Waals surface area (Å²) in [4.78, 5) is 42.0. The Balaban J connectivity index is 1.97. The highest BCUT2D eigenvalue weighted by atomic mass is 16.5. The molecule has 1 aliphatic rings. The lowest BCUT2D eigenvalue weighted by Crippen LogP contribution is -2.44. The first kappa shape index (κ1) is 19.1. The van der Waals surface area contributed by atoms with Crippen LogP contribution in [-0.4, -0.2) is 45.9 Å². The van der Waals surface area contributed by atoms with Crippen molar-refractivity contribution in [2.24, 2.45) is 7.05 Å². The van der Waals surface area contributed by atoms with Crippen molar-refractivity contribution in [2.75, 3.05) is 19.8 Å². The van der Waals surface area contributed by atoms with Crippen molar-refractivity contribution in [3.8, 4) is 5.75 Å². The number of aryl methyl sites for hydroxylation is 2. The van der Waals surface area contributed by atoms with Crippen LogP contribution >= 0.6 is 0 Å². The lowest BCUT2D eigenvalue weighted by atomic mass is 10.2. The smallest absolute Gasteiger partial charge is 0.332 e. The van der Waals surface area contributed by atoms with Gasteiger partial charge in [0.2, 0.25) is 5.91 Å². The third kappa shape index (κ3) is 3.73. The molecule has 2 aromatic heterocycles. The van der Waals surface area contributed by atoms with E-state index < -0.39 is 17.2 Å². The van der Waals surface area contributed by atoms with E-state index in [1.54, 1.807) is 13.1 Å². The molecular formula is C18H24N4O5. The maximum absolute atomic E-state index is 13.0. The number of amides is 1. The molecule has 1 atom stereocenters. The Hall–Kier alpha value is -2.68. The quantitative estimate of drug-likeness (QED) is 0.767. The number of nitrogens with zero attached hydrogens (tertiary/aromatic N) is 3. The molecule has 1 N–H and O–H groups in total. The molecule has 9 nitrogen and oxygen atoms in total. The minimum absolute atomic E-state index is 0.0125. The number of aromatic nitrogens is 3. The molecule has 0 bridgehead atoms. The van der Waals surface area contributed by atoms with E-state index in [0.717, 1.165) is 17.4 Å². The molecule has 146 valence electrons. The van der Waals surface area contributed by atoms with Crippen molar-refractivity contribution < 1.29 is 14.3 Å². The highest BCUT2D eigenvalue weighted by Gasteiger charge is 2.20. The summed E-state index contributed by atoms with van der Waals surface area (Å²) in [5.41, 5.74) is -0.261. The van der Waals surface area contributed by atoms with Gasteiger partial charge in [0.1, 0.15) is 17.7 Å². The van der Waals surface area contributed by atoms with Crippen LogP contribution in [0, 0.1) is 6.92 Å². The second kappa shape index (κ2) is 7.91. The number of carbonyl (C=O) groups excluding carboxylic acids is 1. The van der Waals surface area contributed by atoms with Crippen LogP contribution in [0.5, 0.6) is 5.75 Å². The molecule has 1 saturated heterocycles. The molecule has 3 rings (SSSR count). The summed E-state index contributed by atoms with van der Waals surface area (Å²) in [7, 11) is 1.52. The molecule has 9 heteroatoms. The van der Waals surface area contributed by atoms with Crippen LogP contribution in [-0.2, 0) is 23.1 Å². The molecule has 1 amide bonds. The topological polar surface area (TPSA) is 104 Å². The molecule has 0 aliphatic carbocycles. The van der Waals surface area contributed by atoms with Gasteiger partial charge < -0.3 is 14.8 Å². The molecule has 0 unspecified atom stereocenters. The SMILES string of the molecule is CCOc1c(C)cnc2c1c(=O)n(CC(=O)NC[C@H]1CCCO1)c(=O)n2C. The second-order valence-corrected chi connectivity index (χ2v) is 6.57. The van der Waals surface area contributed by atoms with E-state index in [0.29, 0.717) is 31.1 Å². The molecule has 0 aromatic carbocycles. The number of hydrogen-bond acceptors (Lipinski definition) is 6. The number of pyridine rings is 1. The van der Waals surface area contributed by atoms with Crippen molar-refractivity contribution in [1.82, 2.24) is 19.4 Å². The minimum atomic E-state index is -0.599. The lowest BCUT2D eigenvalue weighted by Gasteiger charge is -2.15. The van der Waals surface area contributed by atoms with Gasteiger partial charge in [-0.15, -0.1) is 0 Å². The predicted molar refractivity (Wildman–Crippen MR) is 99.1 cm³/mol. The third-order valence-electron chi connectivity index (χ3n) is 4.63. The average Bonchev–Trinajstić information content (AvgIpc) is 3.17. The summed E-state index contributed by atoms with van der Waals surface area (Å²) >= 11 is 0. The molecule has 27 heavy (non-hydrogen) atoms. The summed E-state index contributed by atoms with van der Waals surface area (Å²) in [6.45, 7) is 4.65. The van der Waals surface area contributed by atoms with Gasteiger partial charge in [0.05, 0.1) is 12.7 Å². The van der Waals surface area contributed by atoms with Crippen molar-refractivity contribution in [3.63, 3.8) is 0 Å². The molecule has 1 fully saturated rings. The van der Waals surface area contributed by atoms with E-state index >= 15 is 0 Å². The maximum Gasteiger partial charge on any atom is 0.332 e. The molecular weight excluding hydrogens is 352 g/mol. The monoisotopic (exact) mass is 376 g/mol. The summed E-state index contributed by atoms with van der Waals surface area (Å²) < 4.78 is 13.2. The highest BCUT2D eigenvalue weighted by molar-refractivity contribution is 5.83. The zero-order valence-electron chi connectivity index (χ0n) is 15.8. The summed E-state index contributed by atoms with van der Waals surface area (Å²) in [6, 6.07) is 0. The number of carbonyl (C=O) groups is 1. The van der Waals surface area contributed by atoms with Crippen LogP contribution in [0.1, 0.15) is 25.3 Å². The highest BCUT2D eigenvalue weighted by Crippen LogP contribution is 2.24. The first-order chi connectivity index (χ1) is 12.9. The molecule has 3 heterocycles. The van der Waals surface area contributed by atoms with Gasteiger partial charge in [-0.25, -0.2) is 14.3 Å². The molecule has 2 aromatic rings. The Kier molecular flexibility index (Phi) is 5.59. The van der Waals surface area contributed by atoms with E-state index in [2.05, 4.69) is 10.3 Å². The van der Waals surface area contributed by atoms with Gasteiger partial charge in [0.15, 0.2) is 5.65 Å². The van der Waals surface area contributed by atoms with Crippen LogP contribution in [0.15, 0.2) is 15.8 Å². The average molecular weight is 376 g/mol. The van der Waals surface area contributed by atoms with E-state index in [-0.39, 0.29) is 23.7 Å². The van der Waals surface area contributed by atoms with Gasteiger partial charge in [0.25, 0.3) is 5.56 Å². The standard InChI is InChI=1S/C18H24N4O5/c1-4-26-15-11(2)8-20-16-14(15)17(24)22(18(25)21(16)3)10-13(23)19-9-12-6-5-7-27-12/h8,12H,4-7,9-10H2,1-3H3,(H,19,23)/t12-/m1/s1. The zero-order valence-corrected chi connectivity index (χ0v) is 15.8. The largest absolute Gasteiger partial charge is 0.493 e. The number of fused-ring (bicyclic) bond motifs is 1. The van der Waals surface area contributed by atoms with Crippen LogP contribution in [0.3, 0.4) is 0 Å². The van der Waals surface area contributed by atoms with Crippen LogP contribution in [0.4, 0.5) is 0 Å². The first-order valence-electron chi connectivity index (χ1n) is 9.04. The van der Waals surface area contributed by atoms with Crippen molar-refractivity contribution in [3.05, 3.63) is 32.6 Å². The normalized spacial score (nSPS) is 16.6. The summed E-state index contributed by atoms with van der Waals surface area (Å²) in [6.07, 6.45) is 3.41. The fraction of sp³-hybridized carbons (Fsp3) is 0.556. The van der Waals surface area contributed by atoms with Gasteiger partial charge in [-0.05, 0) is 26.7 Å². The van der Waals surface area contributed by atoms with Gasteiger partial charge in [-0.2, -0.15) is 0 Å². The van der Waals surface area contributed by atoms with E-state index in [1.807, 2.05) is 6.92 Å². The molecule has 0 spiro atoms. The fourth-order valence-corrected chi connectivity index (χ4v) is 3.22. The molecule has 1 aliphatic heterocycles. The number of rotatable bonds is 6. The first-order valence-corrected chi connectivity index (χ1v) is 9.04. The predicted octanol–water partition coefficient (Wildman–Crippen LogP) is 0.0975. The van der Waals surface area contributed by atoms with Crippen LogP contribution in [0.25, 0.3) is 11.0 Å². The van der Waals surface area contributed by atoms with Crippen molar-refractivity contribution >= 4 is 16.9 Å². The van der Waals surface area contributed by atoms with Gasteiger partial charge in [0, 0.05) is 32.0 Å². The molecule has 0 saturated carbocycles. The maximum atomic E-state index is 13.0. The summed E-state index contributed by atoms with van der Waals surface area (Å²) in [5, 5.41) is 2.93. The Morgan fingerprint density at radius 2 is 2.22 bits per heavy atom. The van der Waals surface area contributed by atoms with Gasteiger partial charge in [-0.1, -0.05) is 0 Å². The van der Waals surface area contributed by atoms with E-state index in [1.165, 1.54) is 11.6 Å². The van der Waals surface area contributed by atoms with Crippen LogP contribution in [0.2, 0.25) is 0 Å². The van der Waals surface area contributed by atoms with Crippen molar-refractivity contribution in [2.45, 2.75) is 39.3 Å². The number of nitrogens with one attached hydrogen (secondary N) is 1. The Bertz CT molecular complexity index is 972. The second-order valence-electron chi connectivity index (χ2n) is 6.57. The van der Waals surface area contributed by atoms with E-state index in [4.69, 9.17) is 9.47 Å². The Labute approximate surface area is 155 Å². The van der Waals surface area contributed by atoms with E-state index in [9.17, 15) is 14.4 Å². The summed E-state index contributed by atoms with van der Waals surface area (Å²) in [5.74, 6) is -0.0285. The minimum Gasteiger partial charge on any atom is -0.493 e.